The molecule has 1 rings (SSSR count). The summed E-state index contributed by atoms with van der Waals surface area (Å²) in [6.45, 7) is 1.43. The molecule has 0 N–H and O–H groups in total. The fourth-order valence-corrected chi connectivity index (χ4v) is 0.912. The third-order valence-electron chi connectivity index (χ3n) is 1.58. The van der Waals surface area contributed by atoms with E-state index in [4.69, 9.17) is 6.42 Å². The molecular weight excluding hydrogens is 126 g/mol. The van der Waals surface area contributed by atoms with Crippen molar-refractivity contribution in [1.82, 2.24) is 4.90 Å². The molecule has 1 amide bonds. The summed E-state index contributed by atoms with van der Waals surface area (Å²) < 4.78 is 0. The summed E-state index contributed by atoms with van der Waals surface area (Å²) in [5, 5.41) is 0. The van der Waals surface area contributed by atoms with Crippen molar-refractivity contribution >= 4 is 6.41 Å². The molecular formula is C8H9NO. The van der Waals surface area contributed by atoms with Gasteiger partial charge in [0.2, 0.25) is 6.41 Å². The summed E-state index contributed by atoms with van der Waals surface area (Å²) in [4.78, 5) is 11.9. The predicted octanol–water partition coefficient (Wildman–Crippen LogP) is 0.408. The molecule has 1 aliphatic rings. The summed E-state index contributed by atoms with van der Waals surface area (Å²) in [6.07, 6.45) is 8.76. The zero-order valence-corrected chi connectivity index (χ0v) is 5.71. The number of carbonyl (C=O) groups is 1. The van der Waals surface area contributed by atoms with Crippen molar-refractivity contribution < 1.29 is 4.79 Å². The quantitative estimate of drug-likeness (QED) is 0.376. The molecule has 10 heavy (non-hydrogen) atoms. The van der Waals surface area contributed by atoms with Gasteiger partial charge in [-0.2, -0.15) is 0 Å². The lowest BCUT2D eigenvalue weighted by molar-refractivity contribution is -0.117. The molecule has 0 saturated heterocycles. The molecule has 0 aromatic carbocycles. The van der Waals surface area contributed by atoms with E-state index in [0.717, 1.165) is 24.9 Å². The van der Waals surface area contributed by atoms with Crippen molar-refractivity contribution in [2.24, 2.45) is 0 Å². The van der Waals surface area contributed by atoms with Crippen LogP contribution in [0.25, 0.3) is 0 Å². The monoisotopic (exact) mass is 135 g/mol. The summed E-state index contributed by atoms with van der Waals surface area (Å²) >= 11 is 0. The van der Waals surface area contributed by atoms with E-state index in [1.807, 2.05) is 6.08 Å². The van der Waals surface area contributed by atoms with Crippen LogP contribution < -0.4 is 0 Å². The number of hydrogen-bond acceptors (Lipinski definition) is 1. The smallest absolute Gasteiger partial charge is 0.209 e. The van der Waals surface area contributed by atoms with Crippen LogP contribution in [-0.2, 0) is 4.79 Å². The molecule has 2 heteroatoms. The largest absolute Gasteiger partial charge is 0.341 e. The van der Waals surface area contributed by atoms with Crippen LogP contribution in [0.1, 0.15) is 6.42 Å². The standard InChI is InChI=1S/C8H9NO/c1-2-8-3-5-9(7-10)6-4-8/h1,3,7H,4-6H2. The number of carbonyl (C=O) groups excluding carboxylic acids is 1. The van der Waals surface area contributed by atoms with Crippen LogP contribution in [0, 0.1) is 12.3 Å². The van der Waals surface area contributed by atoms with Gasteiger partial charge >= 0.3 is 0 Å². The molecule has 0 aromatic rings. The molecule has 1 aliphatic heterocycles. The molecule has 0 unspecified atom stereocenters. The van der Waals surface area contributed by atoms with Crippen LogP contribution in [-0.4, -0.2) is 24.4 Å². The third-order valence-corrected chi connectivity index (χ3v) is 1.58. The Kier molecular flexibility index (Phi) is 2.11. The maximum Gasteiger partial charge on any atom is 0.209 e. The fraction of sp³-hybridized carbons (Fsp3) is 0.375. The maximum atomic E-state index is 10.2. The highest BCUT2D eigenvalue weighted by atomic mass is 16.1. The minimum atomic E-state index is 0.670. The van der Waals surface area contributed by atoms with E-state index in [9.17, 15) is 4.79 Å². The molecule has 2 nitrogen and oxygen atoms in total. The average molecular weight is 135 g/mol. The Bertz CT molecular complexity index is 200. The van der Waals surface area contributed by atoms with Crippen LogP contribution in [0.2, 0.25) is 0 Å². The molecule has 52 valence electrons. The van der Waals surface area contributed by atoms with Crippen molar-refractivity contribution in [3.8, 4) is 12.3 Å². The zero-order valence-electron chi connectivity index (χ0n) is 5.71. The lowest BCUT2D eigenvalue weighted by Gasteiger charge is -2.19. The summed E-state index contributed by atoms with van der Waals surface area (Å²) in [5.41, 5.74) is 1.01. The van der Waals surface area contributed by atoms with Gasteiger partial charge in [0.15, 0.2) is 0 Å². The Morgan fingerprint density at radius 2 is 2.60 bits per heavy atom. The summed E-state index contributed by atoms with van der Waals surface area (Å²) in [5.74, 6) is 2.57. The molecule has 0 radical (unpaired) electrons. The molecule has 0 fully saturated rings. The molecule has 0 saturated carbocycles. The predicted molar refractivity (Wildman–Crippen MR) is 39.2 cm³/mol. The molecule has 0 aromatic heterocycles. The van der Waals surface area contributed by atoms with Crippen molar-refractivity contribution in [2.75, 3.05) is 13.1 Å². The van der Waals surface area contributed by atoms with Gasteiger partial charge in [-0.1, -0.05) is 12.0 Å². The molecule has 1 heterocycles. The Morgan fingerprint density at radius 3 is 3.00 bits per heavy atom. The first-order chi connectivity index (χ1) is 4.86. The van der Waals surface area contributed by atoms with E-state index in [-0.39, 0.29) is 0 Å². The van der Waals surface area contributed by atoms with E-state index in [2.05, 4.69) is 5.92 Å². The molecule has 0 atom stereocenters. The first-order valence-corrected chi connectivity index (χ1v) is 3.22. The van der Waals surface area contributed by atoms with Gasteiger partial charge in [-0.3, -0.25) is 4.79 Å². The van der Waals surface area contributed by atoms with Gasteiger partial charge in [0.25, 0.3) is 0 Å². The molecule has 0 bridgehead atoms. The lowest BCUT2D eigenvalue weighted by Crippen LogP contribution is -2.26. The van der Waals surface area contributed by atoms with Crippen molar-refractivity contribution in [3.05, 3.63) is 11.6 Å². The zero-order chi connectivity index (χ0) is 7.40. The molecule has 0 spiro atoms. The van der Waals surface area contributed by atoms with Crippen molar-refractivity contribution in [3.63, 3.8) is 0 Å². The number of amides is 1. The number of terminal acetylenes is 1. The highest BCUT2D eigenvalue weighted by molar-refractivity contribution is 5.48. The Labute approximate surface area is 60.5 Å². The van der Waals surface area contributed by atoms with Crippen LogP contribution in [0.4, 0.5) is 0 Å². The number of rotatable bonds is 1. The van der Waals surface area contributed by atoms with Gasteiger partial charge in [0.1, 0.15) is 0 Å². The minimum absolute atomic E-state index is 0.670. The summed E-state index contributed by atoms with van der Waals surface area (Å²) in [6, 6.07) is 0. The van der Waals surface area contributed by atoms with Gasteiger partial charge in [-0.15, -0.1) is 6.42 Å². The van der Waals surface area contributed by atoms with E-state index >= 15 is 0 Å². The highest BCUT2D eigenvalue weighted by Crippen LogP contribution is 2.06. The normalized spacial score (nSPS) is 17.5. The van der Waals surface area contributed by atoms with Gasteiger partial charge in [0.05, 0.1) is 0 Å². The Morgan fingerprint density at radius 1 is 1.80 bits per heavy atom. The minimum Gasteiger partial charge on any atom is -0.341 e. The lowest BCUT2D eigenvalue weighted by atomic mass is 10.1. The Balaban J connectivity index is 2.53. The Hall–Kier alpha value is -1.23. The number of hydrogen-bond donors (Lipinski definition) is 0. The maximum absolute atomic E-state index is 10.2. The van der Waals surface area contributed by atoms with Crippen LogP contribution >= 0.6 is 0 Å². The second-order valence-corrected chi connectivity index (χ2v) is 2.22. The van der Waals surface area contributed by atoms with Gasteiger partial charge in [0, 0.05) is 18.7 Å². The van der Waals surface area contributed by atoms with E-state index < -0.39 is 0 Å². The van der Waals surface area contributed by atoms with Crippen LogP contribution in [0.15, 0.2) is 11.6 Å². The number of nitrogens with zero attached hydrogens (tertiary/aromatic N) is 1. The topological polar surface area (TPSA) is 20.3 Å². The SMILES string of the molecule is C#CC1=CCN(C=O)CC1. The average Bonchev–Trinajstić information content (AvgIpc) is 2.05. The van der Waals surface area contributed by atoms with Gasteiger partial charge in [-0.25, -0.2) is 0 Å². The van der Waals surface area contributed by atoms with E-state index in [1.54, 1.807) is 4.90 Å². The second-order valence-electron chi connectivity index (χ2n) is 2.22. The third kappa shape index (κ3) is 1.38. The second kappa shape index (κ2) is 3.07. The van der Waals surface area contributed by atoms with Gasteiger partial charge < -0.3 is 4.90 Å². The fourth-order valence-electron chi connectivity index (χ4n) is 0.912. The summed E-state index contributed by atoms with van der Waals surface area (Å²) in [7, 11) is 0. The van der Waals surface area contributed by atoms with Crippen molar-refractivity contribution in [2.45, 2.75) is 6.42 Å². The molecule has 0 aliphatic carbocycles. The van der Waals surface area contributed by atoms with E-state index in [1.165, 1.54) is 0 Å². The highest BCUT2D eigenvalue weighted by Gasteiger charge is 2.06. The van der Waals surface area contributed by atoms with Crippen LogP contribution in [0.5, 0.6) is 0 Å². The van der Waals surface area contributed by atoms with Crippen LogP contribution in [0.3, 0.4) is 0 Å². The first-order valence-electron chi connectivity index (χ1n) is 3.22. The first kappa shape index (κ1) is 6.88. The van der Waals surface area contributed by atoms with E-state index in [0.29, 0.717) is 6.54 Å². The van der Waals surface area contributed by atoms with Gasteiger partial charge in [-0.05, 0) is 6.42 Å². The van der Waals surface area contributed by atoms with Crippen molar-refractivity contribution in [1.29, 1.82) is 0 Å².